The molecule has 3 N–H and O–H groups in total. The molecule has 1 aromatic carbocycles. The number of benzene rings is 1. The number of hydrogen-bond acceptors (Lipinski definition) is 3. The summed E-state index contributed by atoms with van der Waals surface area (Å²) in [7, 11) is 0. The van der Waals surface area contributed by atoms with Gasteiger partial charge in [-0.2, -0.15) is 0 Å². The first-order chi connectivity index (χ1) is 9.63. The molecule has 2 rings (SSSR count). The van der Waals surface area contributed by atoms with Crippen molar-refractivity contribution in [3.8, 4) is 0 Å². The lowest BCUT2D eigenvalue weighted by molar-refractivity contribution is 0.546. The molecule has 5 heteroatoms. The van der Waals surface area contributed by atoms with Gasteiger partial charge in [-0.15, -0.1) is 0 Å². The number of nitrogens with two attached hydrogens (primary N) is 1. The molecule has 0 amide bonds. The van der Waals surface area contributed by atoms with Gasteiger partial charge in [0, 0.05) is 22.8 Å². The minimum Gasteiger partial charge on any atom is -0.271 e. The SMILES string of the molecule is CCc1ccc(CC(NN)c2ccc(Br)c(Cl)c2)nc1. The van der Waals surface area contributed by atoms with Crippen LogP contribution < -0.4 is 11.3 Å². The molecule has 0 saturated carbocycles. The summed E-state index contributed by atoms with van der Waals surface area (Å²) in [5.41, 5.74) is 6.11. The second-order valence-electron chi connectivity index (χ2n) is 4.61. The van der Waals surface area contributed by atoms with E-state index in [9.17, 15) is 0 Å². The largest absolute Gasteiger partial charge is 0.271 e. The minimum absolute atomic E-state index is 0.0134. The Hall–Kier alpha value is -0.940. The number of hydrazine groups is 1. The van der Waals surface area contributed by atoms with Crippen molar-refractivity contribution in [2.24, 2.45) is 5.84 Å². The molecule has 0 aliphatic heterocycles. The Morgan fingerprint density at radius 2 is 2.15 bits per heavy atom. The normalized spacial score (nSPS) is 12.4. The summed E-state index contributed by atoms with van der Waals surface area (Å²) in [6, 6.07) is 9.97. The van der Waals surface area contributed by atoms with Crippen LogP contribution >= 0.6 is 27.5 Å². The van der Waals surface area contributed by atoms with E-state index in [1.165, 1.54) is 5.56 Å². The molecule has 106 valence electrons. The fraction of sp³-hybridized carbons (Fsp3) is 0.267. The van der Waals surface area contributed by atoms with Crippen LogP contribution in [0.2, 0.25) is 5.02 Å². The van der Waals surface area contributed by atoms with Crippen molar-refractivity contribution in [3.05, 3.63) is 62.8 Å². The maximum absolute atomic E-state index is 6.13. The summed E-state index contributed by atoms with van der Waals surface area (Å²) in [6.07, 6.45) is 3.63. The van der Waals surface area contributed by atoms with E-state index in [2.05, 4.69) is 39.3 Å². The summed E-state index contributed by atoms with van der Waals surface area (Å²) >= 11 is 9.51. The van der Waals surface area contributed by atoms with Crippen molar-refractivity contribution in [3.63, 3.8) is 0 Å². The maximum atomic E-state index is 6.13. The topological polar surface area (TPSA) is 50.9 Å². The van der Waals surface area contributed by atoms with Crippen LogP contribution in [0.25, 0.3) is 0 Å². The summed E-state index contributed by atoms with van der Waals surface area (Å²) in [4.78, 5) is 4.46. The van der Waals surface area contributed by atoms with Crippen molar-refractivity contribution in [2.45, 2.75) is 25.8 Å². The number of aromatic nitrogens is 1. The predicted molar refractivity (Wildman–Crippen MR) is 86.5 cm³/mol. The van der Waals surface area contributed by atoms with E-state index in [-0.39, 0.29) is 6.04 Å². The molecule has 0 saturated heterocycles. The first-order valence-corrected chi connectivity index (χ1v) is 7.66. The molecule has 20 heavy (non-hydrogen) atoms. The van der Waals surface area contributed by atoms with Crippen LogP contribution in [0.15, 0.2) is 41.0 Å². The molecule has 1 unspecified atom stereocenters. The highest BCUT2D eigenvalue weighted by Gasteiger charge is 2.12. The van der Waals surface area contributed by atoms with Crippen LogP contribution in [-0.4, -0.2) is 4.98 Å². The van der Waals surface area contributed by atoms with Crippen LogP contribution in [0.5, 0.6) is 0 Å². The molecule has 0 bridgehead atoms. The number of rotatable bonds is 5. The Balaban J connectivity index is 2.16. The van der Waals surface area contributed by atoms with Crippen molar-refractivity contribution in [1.82, 2.24) is 10.4 Å². The number of halogens is 2. The number of aryl methyl sites for hydroxylation is 1. The van der Waals surface area contributed by atoms with Gasteiger partial charge in [0.1, 0.15) is 0 Å². The van der Waals surface area contributed by atoms with Gasteiger partial charge in [0.25, 0.3) is 0 Å². The molecular formula is C15H17BrClN3. The third-order valence-corrected chi connectivity index (χ3v) is 4.49. The Kier molecular flexibility index (Phi) is 5.54. The molecule has 0 spiro atoms. The van der Waals surface area contributed by atoms with Gasteiger partial charge < -0.3 is 0 Å². The lowest BCUT2D eigenvalue weighted by Gasteiger charge is -2.16. The third-order valence-electron chi connectivity index (χ3n) is 3.25. The van der Waals surface area contributed by atoms with E-state index in [1.807, 2.05) is 30.5 Å². The Morgan fingerprint density at radius 1 is 1.35 bits per heavy atom. The highest BCUT2D eigenvalue weighted by Crippen LogP contribution is 2.27. The summed E-state index contributed by atoms with van der Waals surface area (Å²) in [5.74, 6) is 5.66. The fourth-order valence-corrected chi connectivity index (χ4v) is 2.43. The lowest BCUT2D eigenvalue weighted by Crippen LogP contribution is -2.29. The molecule has 1 aromatic heterocycles. The van der Waals surface area contributed by atoms with E-state index < -0.39 is 0 Å². The summed E-state index contributed by atoms with van der Waals surface area (Å²) in [6.45, 7) is 2.12. The lowest BCUT2D eigenvalue weighted by atomic mass is 10.0. The van der Waals surface area contributed by atoms with Crippen molar-refractivity contribution in [2.75, 3.05) is 0 Å². The van der Waals surface area contributed by atoms with Crippen molar-refractivity contribution < 1.29 is 0 Å². The van der Waals surface area contributed by atoms with Gasteiger partial charge in [0.05, 0.1) is 11.1 Å². The van der Waals surface area contributed by atoms with Gasteiger partial charge in [-0.05, 0) is 51.7 Å². The predicted octanol–water partition coefficient (Wildman–Crippen LogP) is 3.81. The standard InChI is InChI=1S/C15H17BrClN3/c1-2-10-3-5-12(19-9-10)8-15(20-18)11-4-6-13(16)14(17)7-11/h3-7,9,15,20H,2,8,18H2,1H3. The number of hydrogen-bond donors (Lipinski definition) is 2. The van der Waals surface area contributed by atoms with Gasteiger partial charge in [0.2, 0.25) is 0 Å². The van der Waals surface area contributed by atoms with Gasteiger partial charge in [-0.25, -0.2) is 0 Å². The summed E-state index contributed by atoms with van der Waals surface area (Å²) in [5, 5.41) is 0.678. The highest BCUT2D eigenvalue weighted by molar-refractivity contribution is 9.10. The zero-order valence-corrected chi connectivity index (χ0v) is 13.6. The first kappa shape index (κ1) is 15.4. The molecule has 0 aliphatic carbocycles. The highest BCUT2D eigenvalue weighted by atomic mass is 79.9. The van der Waals surface area contributed by atoms with E-state index in [0.717, 1.165) is 28.6 Å². The average molecular weight is 355 g/mol. The Labute approximate surface area is 132 Å². The number of pyridine rings is 1. The Bertz CT molecular complexity index is 572. The number of nitrogens with one attached hydrogen (secondary N) is 1. The molecule has 1 atom stereocenters. The van der Waals surface area contributed by atoms with Gasteiger partial charge in [-0.1, -0.05) is 30.7 Å². The van der Waals surface area contributed by atoms with Crippen LogP contribution in [0.1, 0.15) is 29.8 Å². The van der Waals surface area contributed by atoms with Crippen LogP contribution in [0, 0.1) is 0 Å². The van der Waals surface area contributed by atoms with E-state index in [1.54, 1.807) is 0 Å². The van der Waals surface area contributed by atoms with E-state index in [0.29, 0.717) is 5.02 Å². The minimum atomic E-state index is -0.0134. The maximum Gasteiger partial charge on any atom is 0.0551 e. The second-order valence-corrected chi connectivity index (χ2v) is 5.87. The van der Waals surface area contributed by atoms with E-state index in [4.69, 9.17) is 17.4 Å². The van der Waals surface area contributed by atoms with Crippen LogP contribution in [0.3, 0.4) is 0 Å². The molecular weight excluding hydrogens is 338 g/mol. The van der Waals surface area contributed by atoms with Crippen molar-refractivity contribution in [1.29, 1.82) is 0 Å². The Morgan fingerprint density at radius 3 is 2.70 bits per heavy atom. The zero-order chi connectivity index (χ0) is 14.5. The zero-order valence-electron chi connectivity index (χ0n) is 11.2. The molecule has 3 nitrogen and oxygen atoms in total. The molecule has 1 heterocycles. The molecule has 0 fully saturated rings. The first-order valence-electron chi connectivity index (χ1n) is 6.49. The number of nitrogens with zero attached hydrogens (tertiary/aromatic N) is 1. The fourth-order valence-electron chi connectivity index (χ4n) is 2.00. The molecule has 2 aromatic rings. The van der Waals surface area contributed by atoms with Crippen LogP contribution in [0.4, 0.5) is 0 Å². The monoisotopic (exact) mass is 353 g/mol. The van der Waals surface area contributed by atoms with E-state index >= 15 is 0 Å². The van der Waals surface area contributed by atoms with Gasteiger partial charge in [-0.3, -0.25) is 16.3 Å². The van der Waals surface area contributed by atoms with Crippen LogP contribution in [-0.2, 0) is 12.8 Å². The van der Waals surface area contributed by atoms with Gasteiger partial charge >= 0.3 is 0 Å². The average Bonchev–Trinajstić information content (AvgIpc) is 2.48. The molecule has 0 aliphatic rings. The molecule has 0 radical (unpaired) electrons. The second kappa shape index (κ2) is 7.18. The summed E-state index contributed by atoms with van der Waals surface area (Å²) < 4.78 is 0.879. The smallest absolute Gasteiger partial charge is 0.0551 e. The van der Waals surface area contributed by atoms with Gasteiger partial charge in [0.15, 0.2) is 0 Å². The third kappa shape index (κ3) is 3.79. The van der Waals surface area contributed by atoms with Crippen molar-refractivity contribution >= 4 is 27.5 Å². The quantitative estimate of drug-likeness (QED) is 0.634.